The number of carboxylic acid groups (broad SMARTS) is 2. The van der Waals surface area contributed by atoms with Crippen molar-refractivity contribution in [3.63, 3.8) is 0 Å². The van der Waals surface area contributed by atoms with Crippen LogP contribution in [0.15, 0.2) is 48.5 Å². The minimum Gasteiger partial charge on any atom is -0.478 e. The van der Waals surface area contributed by atoms with Crippen LogP contribution in [0.4, 0.5) is 11.4 Å². The Morgan fingerprint density at radius 3 is 1.73 bits per heavy atom. The lowest BCUT2D eigenvalue weighted by Gasteiger charge is -2.17. The van der Waals surface area contributed by atoms with Gasteiger partial charge >= 0.3 is 11.9 Å². The van der Waals surface area contributed by atoms with Crippen molar-refractivity contribution in [3.05, 3.63) is 93.0 Å². The number of carboxylic acids is 2. The summed E-state index contributed by atoms with van der Waals surface area (Å²) in [6, 6.07) is 10.2. The van der Waals surface area contributed by atoms with Crippen molar-refractivity contribution in [1.29, 1.82) is 0 Å². The predicted octanol–water partition coefficient (Wildman–Crippen LogP) is 1.75. The minimum absolute atomic E-state index is 0.0137. The third-order valence-corrected chi connectivity index (χ3v) is 6.82. The first-order valence-corrected chi connectivity index (χ1v) is 12.0. The molecule has 0 unspecified atom stereocenters. The lowest BCUT2D eigenvalue weighted by atomic mass is 9.89. The molecule has 4 amide bonds. The van der Waals surface area contributed by atoms with Crippen LogP contribution in [0, 0.1) is 0 Å². The molecule has 0 fully saturated rings. The van der Waals surface area contributed by atoms with Gasteiger partial charge in [-0.2, -0.15) is 0 Å². The molecule has 202 valence electrons. The Labute approximate surface area is 225 Å². The van der Waals surface area contributed by atoms with Crippen molar-refractivity contribution in [2.45, 2.75) is 12.8 Å². The van der Waals surface area contributed by atoms with Gasteiger partial charge in [0.2, 0.25) is 0 Å². The molecule has 0 aliphatic carbocycles. The molecule has 3 aromatic rings. The fraction of sp³-hybridized carbons (Fsp3) is 0.143. The van der Waals surface area contributed by atoms with Gasteiger partial charge in [0.1, 0.15) is 0 Å². The van der Waals surface area contributed by atoms with E-state index in [0.29, 0.717) is 0 Å². The maximum atomic E-state index is 13.4. The average molecular weight is 544 g/mol. The number of aliphatic hydroxyl groups is 2. The maximum absolute atomic E-state index is 13.4. The summed E-state index contributed by atoms with van der Waals surface area (Å²) in [7, 11) is 0. The van der Waals surface area contributed by atoms with Crippen molar-refractivity contribution in [2.24, 2.45) is 0 Å². The number of aromatic carboxylic acids is 2. The number of nitrogens with zero attached hydrogens (tertiary/aromatic N) is 2. The Bertz CT molecular complexity index is 1660. The molecule has 0 atom stereocenters. The quantitative estimate of drug-likeness (QED) is 0.304. The van der Waals surface area contributed by atoms with Crippen molar-refractivity contribution in [2.75, 3.05) is 23.0 Å². The van der Waals surface area contributed by atoms with E-state index in [2.05, 4.69) is 0 Å². The number of hydrogen-bond acceptors (Lipinski definition) is 8. The molecule has 2 aliphatic heterocycles. The summed E-state index contributed by atoms with van der Waals surface area (Å²) in [5.41, 5.74) is -0.349. The Kier molecular flexibility index (Phi) is 6.49. The summed E-state index contributed by atoms with van der Waals surface area (Å²) in [6.07, 6.45) is -0.296. The number of aliphatic hydroxyl groups excluding tert-OH is 2. The van der Waals surface area contributed by atoms with Crippen LogP contribution in [-0.4, -0.2) is 69.2 Å². The molecule has 0 saturated heterocycles. The second kappa shape index (κ2) is 9.84. The topological polar surface area (TPSA) is 190 Å². The van der Waals surface area contributed by atoms with Gasteiger partial charge in [0.15, 0.2) is 0 Å². The van der Waals surface area contributed by atoms with E-state index in [9.17, 15) is 49.2 Å². The van der Waals surface area contributed by atoms with Gasteiger partial charge in [0.05, 0.1) is 44.8 Å². The van der Waals surface area contributed by atoms with E-state index >= 15 is 0 Å². The van der Waals surface area contributed by atoms with Crippen molar-refractivity contribution in [3.8, 4) is 0 Å². The van der Waals surface area contributed by atoms with Crippen LogP contribution in [0.25, 0.3) is 0 Å². The number of benzene rings is 3. The highest BCUT2D eigenvalue weighted by Crippen LogP contribution is 2.36. The van der Waals surface area contributed by atoms with Crippen LogP contribution in [0.2, 0.25) is 0 Å². The number of rotatable bonds is 8. The molecular weight excluding hydrogens is 524 g/mol. The third kappa shape index (κ3) is 3.94. The van der Waals surface area contributed by atoms with Crippen LogP contribution < -0.4 is 9.80 Å². The monoisotopic (exact) mass is 544 g/mol. The highest BCUT2D eigenvalue weighted by molar-refractivity contribution is 6.36. The molecule has 0 spiro atoms. The zero-order valence-corrected chi connectivity index (χ0v) is 20.6. The molecule has 5 rings (SSSR count). The van der Waals surface area contributed by atoms with Gasteiger partial charge < -0.3 is 20.4 Å². The van der Waals surface area contributed by atoms with Crippen molar-refractivity contribution >= 4 is 46.9 Å². The Morgan fingerprint density at radius 1 is 0.625 bits per heavy atom. The minimum atomic E-state index is -1.37. The zero-order valence-electron chi connectivity index (χ0n) is 20.6. The standard InChI is InChI=1S/C28H20N2O10/c31-9-7-13-11-20-22(18(8-10-32)21(13)28(39)40)26(36)30(25(20)35)16-4-2-15(3-5-16)29-23(33)17-6-1-14(27(37)38)12-19(17)24(29)34/h1-6,11-12,31-32H,7-10H2,(H,37,38)(H,39,40). The number of anilines is 2. The molecule has 0 saturated carbocycles. The fourth-order valence-electron chi connectivity index (χ4n) is 5.08. The maximum Gasteiger partial charge on any atom is 0.336 e. The summed E-state index contributed by atoms with van der Waals surface area (Å²) in [5.74, 6) is -5.58. The van der Waals surface area contributed by atoms with Gasteiger partial charge in [0, 0.05) is 13.2 Å². The summed E-state index contributed by atoms with van der Waals surface area (Å²) in [6.45, 7) is -0.889. The van der Waals surface area contributed by atoms with Crippen LogP contribution in [0.5, 0.6) is 0 Å². The average Bonchev–Trinajstić information content (AvgIpc) is 3.32. The second-order valence-corrected chi connectivity index (χ2v) is 9.04. The van der Waals surface area contributed by atoms with Crippen LogP contribution >= 0.6 is 0 Å². The second-order valence-electron chi connectivity index (χ2n) is 9.04. The molecule has 12 heteroatoms. The fourth-order valence-corrected chi connectivity index (χ4v) is 5.08. The summed E-state index contributed by atoms with van der Waals surface area (Å²) in [5, 5.41) is 38.0. The smallest absolute Gasteiger partial charge is 0.336 e. The van der Waals surface area contributed by atoms with Crippen molar-refractivity contribution in [1.82, 2.24) is 0 Å². The number of carbonyl (C=O) groups excluding carboxylic acids is 4. The Balaban J connectivity index is 1.51. The van der Waals surface area contributed by atoms with E-state index < -0.39 is 48.8 Å². The number of imide groups is 2. The Morgan fingerprint density at radius 2 is 1.18 bits per heavy atom. The molecule has 40 heavy (non-hydrogen) atoms. The summed E-state index contributed by atoms with van der Waals surface area (Å²) in [4.78, 5) is 77.6. The molecular formula is C28H20N2O10. The SMILES string of the molecule is O=C(O)c1ccc2c(c1)C(=O)N(c1ccc(N3C(=O)c4cc(CCO)c(C(=O)O)c(CCO)c4C3=O)cc1)C2=O. The van der Waals surface area contributed by atoms with Crippen molar-refractivity contribution < 1.29 is 49.2 Å². The van der Waals surface area contributed by atoms with E-state index in [-0.39, 0.29) is 68.7 Å². The number of carbonyl (C=O) groups is 6. The summed E-state index contributed by atoms with van der Waals surface area (Å²) < 4.78 is 0. The first kappa shape index (κ1) is 26.4. The molecule has 2 aliphatic rings. The molecule has 0 aromatic heterocycles. The third-order valence-electron chi connectivity index (χ3n) is 6.82. The number of hydrogen-bond donors (Lipinski definition) is 4. The van der Waals surface area contributed by atoms with Gasteiger partial charge in [-0.05, 0) is 72.5 Å². The lowest BCUT2D eigenvalue weighted by molar-refractivity contribution is 0.0684. The van der Waals surface area contributed by atoms with E-state index in [1.807, 2.05) is 0 Å². The molecule has 2 heterocycles. The van der Waals surface area contributed by atoms with E-state index in [4.69, 9.17) is 0 Å². The van der Waals surface area contributed by atoms with Gasteiger partial charge in [-0.1, -0.05) is 0 Å². The van der Waals surface area contributed by atoms with Crippen LogP contribution in [0.1, 0.15) is 73.3 Å². The van der Waals surface area contributed by atoms with E-state index in [0.717, 1.165) is 15.9 Å². The first-order chi connectivity index (χ1) is 19.1. The van der Waals surface area contributed by atoms with Gasteiger partial charge in [-0.3, -0.25) is 19.2 Å². The van der Waals surface area contributed by atoms with Gasteiger partial charge in [-0.15, -0.1) is 0 Å². The summed E-state index contributed by atoms with van der Waals surface area (Å²) >= 11 is 0. The van der Waals surface area contributed by atoms with Gasteiger partial charge in [-0.25, -0.2) is 19.4 Å². The van der Waals surface area contributed by atoms with Crippen LogP contribution in [0.3, 0.4) is 0 Å². The van der Waals surface area contributed by atoms with E-state index in [1.165, 1.54) is 42.5 Å². The predicted molar refractivity (Wildman–Crippen MR) is 137 cm³/mol. The molecule has 0 radical (unpaired) electrons. The molecule has 4 N–H and O–H groups in total. The largest absolute Gasteiger partial charge is 0.478 e. The molecule has 12 nitrogen and oxygen atoms in total. The highest BCUT2D eigenvalue weighted by atomic mass is 16.4. The number of fused-ring (bicyclic) bond motifs is 2. The zero-order chi connectivity index (χ0) is 28.9. The van der Waals surface area contributed by atoms with Gasteiger partial charge in [0.25, 0.3) is 23.6 Å². The molecule has 0 bridgehead atoms. The first-order valence-electron chi connectivity index (χ1n) is 12.0. The highest BCUT2D eigenvalue weighted by Gasteiger charge is 2.42. The van der Waals surface area contributed by atoms with Crippen LogP contribution in [-0.2, 0) is 12.8 Å². The lowest BCUT2D eigenvalue weighted by Crippen LogP contribution is -2.31. The molecule has 3 aromatic carbocycles. The Hall–Kier alpha value is -5.20. The number of amides is 4. The van der Waals surface area contributed by atoms with E-state index in [1.54, 1.807) is 0 Å². The normalized spacial score (nSPS) is 14.2.